The summed E-state index contributed by atoms with van der Waals surface area (Å²) in [6.45, 7) is 3.46. The Morgan fingerprint density at radius 3 is 2.63 bits per heavy atom. The molecule has 0 radical (unpaired) electrons. The first-order chi connectivity index (χ1) is 14.3. The number of rotatable bonds is 8. The van der Waals surface area contributed by atoms with Crippen LogP contribution in [0.5, 0.6) is 5.88 Å². The molecule has 2 N–H and O–H groups in total. The molecule has 2 fully saturated rings. The Balaban J connectivity index is 1.31. The number of aromatic nitrogens is 1. The molecule has 2 aliphatic rings. The summed E-state index contributed by atoms with van der Waals surface area (Å²) in [6.07, 6.45) is 4.87. The van der Waals surface area contributed by atoms with Crippen molar-refractivity contribution in [2.45, 2.75) is 50.5 Å². The van der Waals surface area contributed by atoms with E-state index in [1.807, 2.05) is 6.92 Å². The van der Waals surface area contributed by atoms with Crippen LogP contribution in [0.25, 0.3) is 0 Å². The number of aryl methyl sites for hydroxylation is 1. The summed E-state index contributed by atoms with van der Waals surface area (Å²) in [5, 5.41) is 6.31. The highest BCUT2D eigenvalue weighted by molar-refractivity contribution is 7.89. The molecule has 2 aromatic rings. The van der Waals surface area contributed by atoms with Crippen LogP contribution in [-0.2, 0) is 14.8 Å². The maximum absolute atomic E-state index is 12.8. The number of anilines is 1. The topological polar surface area (TPSA) is 111 Å². The number of hydrogen-bond donors (Lipinski definition) is 2. The van der Waals surface area contributed by atoms with Crippen LogP contribution in [0, 0.1) is 24.7 Å². The van der Waals surface area contributed by atoms with Gasteiger partial charge in [0.15, 0.2) is 6.61 Å². The second-order valence-corrected chi connectivity index (χ2v) is 10.1. The number of carbonyl (C=O) groups is 1. The number of nitrogens with one attached hydrogen (secondary N) is 2. The first-order valence-corrected chi connectivity index (χ1v) is 11.8. The smallest absolute Gasteiger partial charge is 0.262 e. The van der Waals surface area contributed by atoms with Crippen LogP contribution < -0.4 is 14.8 Å². The summed E-state index contributed by atoms with van der Waals surface area (Å²) in [7, 11) is -3.61. The van der Waals surface area contributed by atoms with Gasteiger partial charge in [0.1, 0.15) is 5.76 Å². The highest BCUT2D eigenvalue weighted by Gasteiger charge is 2.42. The van der Waals surface area contributed by atoms with Crippen LogP contribution in [-0.4, -0.2) is 32.1 Å². The minimum atomic E-state index is -3.61. The first-order valence-electron chi connectivity index (χ1n) is 10.3. The normalized spacial score (nSPS) is 24.0. The Labute approximate surface area is 176 Å². The molecule has 1 aromatic heterocycles. The molecule has 2 bridgehead atoms. The van der Waals surface area contributed by atoms with E-state index in [0.29, 0.717) is 23.3 Å². The van der Waals surface area contributed by atoms with Crippen molar-refractivity contribution in [2.75, 3.05) is 11.9 Å². The van der Waals surface area contributed by atoms with Gasteiger partial charge in [0.2, 0.25) is 10.0 Å². The van der Waals surface area contributed by atoms with Crippen LogP contribution in [0.2, 0.25) is 0 Å². The fourth-order valence-electron chi connectivity index (χ4n) is 4.77. The predicted octanol–water partition coefficient (Wildman–Crippen LogP) is 3.10. The highest BCUT2D eigenvalue weighted by atomic mass is 32.2. The van der Waals surface area contributed by atoms with E-state index in [1.54, 1.807) is 25.1 Å². The molecule has 1 amide bonds. The van der Waals surface area contributed by atoms with E-state index in [2.05, 4.69) is 15.2 Å². The van der Waals surface area contributed by atoms with E-state index in [9.17, 15) is 13.2 Å². The monoisotopic (exact) mass is 433 g/mol. The summed E-state index contributed by atoms with van der Waals surface area (Å²) in [5.74, 6) is 2.28. The average molecular weight is 434 g/mol. The first kappa shape index (κ1) is 20.9. The molecule has 4 rings (SSSR count). The summed E-state index contributed by atoms with van der Waals surface area (Å²) in [6, 6.07) is 7.62. The Morgan fingerprint density at radius 1 is 1.27 bits per heavy atom. The van der Waals surface area contributed by atoms with E-state index in [4.69, 9.17) is 9.26 Å². The van der Waals surface area contributed by atoms with Crippen molar-refractivity contribution in [3.05, 3.63) is 36.1 Å². The van der Waals surface area contributed by atoms with Gasteiger partial charge in [-0.15, -0.1) is 0 Å². The number of nitrogens with zero attached hydrogens (tertiary/aromatic N) is 1. The second-order valence-electron chi connectivity index (χ2n) is 8.39. The van der Waals surface area contributed by atoms with Gasteiger partial charge >= 0.3 is 0 Å². The SMILES string of the molecule is Cc1cc(OCC(=O)Nc2ccc(S(=O)(=O)NC(C)C3CC4CCC3C4)cc2)no1. The van der Waals surface area contributed by atoms with E-state index < -0.39 is 10.0 Å². The lowest BCUT2D eigenvalue weighted by molar-refractivity contribution is -0.118. The van der Waals surface area contributed by atoms with E-state index >= 15 is 0 Å². The van der Waals surface area contributed by atoms with Crippen LogP contribution in [0.1, 0.15) is 38.4 Å². The van der Waals surface area contributed by atoms with E-state index in [-0.39, 0.29) is 29.3 Å². The second kappa shape index (κ2) is 8.39. The summed E-state index contributed by atoms with van der Waals surface area (Å²) >= 11 is 0. The molecule has 1 heterocycles. The van der Waals surface area contributed by atoms with E-state index in [0.717, 1.165) is 12.3 Å². The van der Waals surface area contributed by atoms with Gasteiger partial charge in [-0.05, 0) is 80.3 Å². The fourth-order valence-corrected chi connectivity index (χ4v) is 6.07. The molecule has 4 atom stereocenters. The molecule has 4 unspecified atom stereocenters. The molecule has 0 aliphatic heterocycles. The molecule has 30 heavy (non-hydrogen) atoms. The van der Waals surface area contributed by atoms with Crippen molar-refractivity contribution in [3.63, 3.8) is 0 Å². The van der Waals surface area contributed by atoms with Gasteiger partial charge in [0, 0.05) is 17.8 Å². The zero-order chi connectivity index (χ0) is 21.3. The molecule has 9 heteroatoms. The summed E-state index contributed by atoms with van der Waals surface area (Å²) in [4.78, 5) is 12.2. The predicted molar refractivity (Wildman–Crippen MR) is 111 cm³/mol. The number of amides is 1. The zero-order valence-electron chi connectivity index (χ0n) is 17.1. The van der Waals surface area contributed by atoms with Crippen LogP contribution >= 0.6 is 0 Å². The van der Waals surface area contributed by atoms with E-state index in [1.165, 1.54) is 31.4 Å². The van der Waals surface area contributed by atoms with Gasteiger partial charge in [-0.25, -0.2) is 13.1 Å². The molecule has 162 valence electrons. The fraction of sp³-hybridized carbons (Fsp3) is 0.524. The Kier molecular flexibility index (Phi) is 5.84. The van der Waals surface area contributed by atoms with Crippen molar-refractivity contribution in [3.8, 4) is 5.88 Å². The molecular formula is C21H27N3O5S. The molecule has 0 saturated heterocycles. The molecular weight excluding hydrogens is 406 g/mol. The molecule has 1 aromatic carbocycles. The Morgan fingerprint density at radius 2 is 2.03 bits per heavy atom. The van der Waals surface area contributed by atoms with Gasteiger partial charge in [-0.2, -0.15) is 0 Å². The van der Waals surface area contributed by atoms with Crippen molar-refractivity contribution in [1.29, 1.82) is 0 Å². The van der Waals surface area contributed by atoms with Crippen molar-refractivity contribution >= 4 is 21.6 Å². The lowest BCUT2D eigenvalue weighted by atomic mass is 9.84. The quantitative estimate of drug-likeness (QED) is 0.662. The maximum atomic E-state index is 12.8. The molecule has 0 spiro atoms. The number of hydrogen-bond acceptors (Lipinski definition) is 6. The van der Waals surface area contributed by atoms with Crippen LogP contribution in [0.15, 0.2) is 39.8 Å². The third-order valence-corrected chi connectivity index (χ3v) is 7.76. The number of ether oxygens (including phenoxy) is 1. The van der Waals surface area contributed by atoms with Gasteiger partial charge < -0.3 is 14.6 Å². The van der Waals surface area contributed by atoms with Crippen LogP contribution in [0.4, 0.5) is 5.69 Å². The Bertz CT molecular complexity index is 1000. The maximum Gasteiger partial charge on any atom is 0.262 e. The average Bonchev–Trinajstić information content (AvgIpc) is 3.43. The van der Waals surface area contributed by atoms with Crippen LogP contribution in [0.3, 0.4) is 0 Å². The minimum absolute atomic E-state index is 0.0815. The number of carbonyl (C=O) groups excluding carboxylic acids is 1. The number of sulfonamides is 1. The third kappa shape index (κ3) is 4.67. The lowest BCUT2D eigenvalue weighted by Gasteiger charge is -2.28. The zero-order valence-corrected chi connectivity index (χ0v) is 17.9. The lowest BCUT2D eigenvalue weighted by Crippen LogP contribution is -2.40. The van der Waals surface area contributed by atoms with Crippen molar-refractivity contribution in [2.24, 2.45) is 17.8 Å². The largest absolute Gasteiger partial charge is 0.465 e. The molecule has 2 aliphatic carbocycles. The number of fused-ring (bicyclic) bond motifs is 2. The standard InChI is InChI=1S/C21H27N3O5S/c1-13-9-21(23-29-13)28-12-20(25)22-17-5-7-18(8-6-17)30(26,27)24-14(2)19-11-15-3-4-16(19)10-15/h5-9,14-16,19,24H,3-4,10-12H2,1-2H3,(H,22,25). The highest BCUT2D eigenvalue weighted by Crippen LogP contribution is 2.49. The summed E-state index contributed by atoms with van der Waals surface area (Å²) in [5.41, 5.74) is 0.486. The van der Waals surface area contributed by atoms with Gasteiger partial charge in [0.05, 0.1) is 4.90 Å². The molecule has 2 saturated carbocycles. The third-order valence-electron chi connectivity index (χ3n) is 6.18. The summed E-state index contributed by atoms with van der Waals surface area (Å²) < 4.78 is 38.5. The number of benzene rings is 1. The van der Waals surface area contributed by atoms with Gasteiger partial charge in [0.25, 0.3) is 11.8 Å². The Hall–Kier alpha value is -2.39. The van der Waals surface area contributed by atoms with Gasteiger partial charge in [-0.1, -0.05) is 6.42 Å². The van der Waals surface area contributed by atoms with Crippen molar-refractivity contribution in [1.82, 2.24) is 9.88 Å². The van der Waals surface area contributed by atoms with Gasteiger partial charge in [-0.3, -0.25) is 4.79 Å². The minimum Gasteiger partial charge on any atom is -0.465 e. The van der Waals surface area contributed by atoms with Crippen molar-refractivity contribution < 1.29 is 22.5 Å². The molecule has 8 nitrogen and oxygen atoms in total.